The maximum absolute atomic E-state index is 11.5. The van der Waals surface area contributed by atoms with E-state index >= 15 is 0 Å². The van der Waals surface area contributed by atoms with Crippen LogP contribution in [0.5, 0.6) is 5.75 Å². The second kappa shape index (κ2) is 9.26. The molecule has 0 saturated carbocycles. The molecule has 0 heterocycles. The van der Waals surface area contributed by atoms with Crippen LogP contribution in [0.2, 0.25) is 0 Å². The van der Waals surface area contributed by atoms with Gasteiger partial charge in [-0.1, -0.05) is 24.3 Å². The molecule has 0 aliphatic rings. The topological polar surface area (TPSA) is 35.5 Å². The van der Waals surface area contributed by atoms with E-state index in [0.717, 1.165) is 17.7 Å². The average Bonchev–Trinajstić information content (AvgIpc) is 2.49. The van der Waals surface area contributed by atoms with Gasteiger partial charge in [-0.2, -0.15) is 12.6 Å². The van der Waals surface area contributed by atoms with Crippen molar-refractivity contribution in [2.75, 3.05) is 13.7 Å². The number of ether oxygens (including phenoxy) is 2. The smallest absolute Gasteiger partial charge is 0.330 e. The Labute approximate surface area is 125 Å². The van der Waals surface area contributed by atoms with E-state index in [1.54, 1.807) is 13.2 Å². The molecule has 0 N–H and O–H groups in total. The number of hydrogen-bond donors (Lipinski definition) is 1. The zero-order valence-corrected chi connectivity index (χ0v) is 12.7. The maximum atomic E-state index is 11.5. The molecule has 0 aromatic heterocycles. The van der Waals surface area contributed by atoms with Gasteiger partial charge in [0.15, 0.2) is 0 Å². The van der Waals surface area contributed by atoms with Crippen molar-refractivity contribution in [3.8, 4) is 5.75 Å². The van der Waals surface area contributed by atoms with Crippen LogP contribution >= 0.6 is 12.6 Å². The van der Waals surface area contributed by atoms with Gasteiger partial charge in [0.1, 0.15) is 12.4 Å². The molecule has 3 nitrogen and oxygen atoms in total. The average molecular weight is 292 g/mol. The van der Waals surface area contributed by atoms with Crippen LogP contribution in [0.4, 0.5) is 0 Å². The summed E-state index contributed by atoms with van der Waals surface area (Å²) in [5, 5.41) is 0.0320. The zero-order valence-electron chi connectivity index (χ0n) is 11.8. The first-order valence-electron chi connectivity index (χ1n) is 6.43. The van der Waals surface area contributed by atoms with Gasteiger partial charge in [-0.05, 0) is 37.1 Å². The SMILES string of the molecule is C/C=C/CC(S)COC(=O)/C=C/c1ccc(OC)cc1. The van der Waals surface area contributed by atoms with Crippen LogP contribution in [0.25, 0.3) is 6.08 Å². The highest BCUT2D eigenvalue weighted by Gasteiger charge is 2.04. The van der Waals surface area contributed by atoms with Gasteiger partial charge in [0, 0.05) is 11.3 Å². The van der Waals surface area contributed by atoms with Crippen molar-refractivity contribution in [1.82, 2.24) is 0 Å². The number of carbonyl (C=O) groups is 1. The highest BCUT2D eigenvalue weighted by atomic mass is 32.1. The molecular formula is C16H20O3S. The molecule has 1 rings (SSSR count). The van der Waals surface area contributed by atoms with Crippen LogP contribution in [0.15, 0.2) is 42.5 Å². The summed E-state index contributed by atoms with van der Waals surface area (Å²) >= 11 is 4.33. The molecule has 1 aromatic rings. The molecule has 0 amide bonds. The normalized spacial score (nSPS) is 12.8. The van der Waals surface area contributed by atoms with Gasteiger partial charge in [0.2, 0.25) is 0 Å². The standard InChI is InChI=1S/C16H20O3S/c1-3-4-5-15(20)12-19-16(17)11-8-13-6-9-14(18-2)10-7-13/h3-4,6-11,15,20H,5,12H2,1-2H3/b4-3+,11-8+. The molecule has 0 spiro atoms. The summed E-state index contributed by atoms with van der Waals surface area (Å²) in [6.45, 7) is 2.25. The summed E-state index contributed by atoms with van der Waals surface area (Å²) in [5.41, 5.74) is 0.916. The van der Waals surface area contributed by atoms with Gasteiger partial charge in [-0.3, -0.25) is 0 Å². The van der Waals surface area contributed by atoms with Crippen molar-refractivity contribution in [2.45, 2.75) is 18.6 Å². The molecule has 4 heteroatoms. The number of thiol groups is 1. The fraction of sp³-hybridized carbons (Fsp3) is 0.312. The van der Waals surface area contributed by atoms with Crippen molar-refractivity contribution in [1.29, 1.82) is 0 Å². The van der Waals surface area contributed by atoms with Crippen molar-refractivity contribution < 1.29 is 14.3 Å². The minimum absolute atomic E-state index is 0.0320. The van der Waals surface area contributed by atoms with Crippen LogP contribution < -0.4 is 4.74 Å². The maximum Gasteiger partial charge on any atom is 0.330 e. The fourth-order valence-electron chi connectivity index (χ4n) is 1.47. The number of allylic oxidation sites excluding steroid dienone is 2. The lowest BCUT2D eigenvalue weighted by atomic mass is 10.2. The van der Waals surface area contributed by atoms with E-state index in [1.807, 2.05) is 43.3 Å². The molecule has 1 aromatic carbocycles. The predicted octanol–water partition coefficient (Wildman–Crippen LogP) is 3.52. The van der Waals surface area contributed by atoms with Gasteiger partial charge in [0.05, 0.1) is 7.11 Å². The van der Waals surface area contributed by atoms with E-state index in [9.17, 15) is 4.79 Å². The number of methoxy groups -OCH3 is 1. The molecule has 0 bridgehead atoms. The van der Waals surface area contributed by atoms with Gasteiger partial charge < -0.3 is 9.47 Å². The lowest BCUT2D eigenvalue weighted by Crippen LogP contribution is -2.11. The highest BCUT2D eigenvalue weighted by Crippen LogP contribution is 2.12. The van der Waals surface area contributed by atoms with Crippen LogP contribution in [-0.2, 0) is 9.53 Å². The third-order valence-corrected chi connectivity index (χ3v) is 2.95. The minimum atomic E-state index is -0.361. The second-order valence-corrected chi connectivity index (χ2v) is 4.93. The fourth-order valence-corrected chi connectivity index (χ4v) is 1.66. The molecule has 0 saturated heterocycles. The Kier molecular flexibility index (Phi) is 7.58. The third-order valence-electron chi connectivity index (χ3n) is 2.59. The molecule has 20 heavy (non-hydrogen) atoms. The Hall–Kier alpha value is -1.68. The third kappa shape index (κ3) is 6.48. The quantitative estimate of drug-likeness (QED) is 0.361. The summed E-state index contributed by atoms with van der Waals surface area (Å²) < 4.78 is 10.2. The molecule has 0 aliphatic carbocycles. The Morgan fingerprint density at radius 1 is 1.35 bits per heavy atom. The lowest BCUT2D eigenvalue weighted by molar-refractivity contribution is -0.137. The molecule has 0 aliphatic heterocycles. The number of carbonyl (C=O) groups excluding carboxylic acids is 1. The molecule has 1 unspecified atom stereocenters. The predicted molar refractivity (Wildman–Crippen MR) is 85.2 cm³/mol. The molecule has 0 fully saturated rings. The van der Waals surface area contributed by atoms with E-state index < -0.39 is 0 Å². The van der Waals surface area contributed by atoms with E-state index in [0.29, 0.717) is 6.61 Å². The number of benzene rings is 1. The summed E-state index contributed by atoms with van der Waals surface area (Å²) in [4.78, 5) is 11.5. The largest absolute Gasteiger partial charge is 0.497 e. The van der Waals surface area contributed by atoms with Crippen LogP contribution in [0.3, 0.4) is 0 Å². The highest BCUT2D eigenvalue weighted by molar-refractivity contribution is 7.81. The minimum Gasteiger partial charge on any atom is -0.497 e. The van der Waals surface area contributed by atoms with Crippen LogP contribution in [0.1, 0.15) is 18.9 Å². The Balaban J connectivity index is 2.38. The summed E-state index contributed by atoms with van der Waals surface area (Å²) in [6, 6.07) is 7.42. The monoisotopic (exact) mass is 292 g/mol. The van der Waals surface area contributed by atoms with Crippen molar-refractivity contribution >= 4 is 24.7 Å². The van der Waals surface area contributed by atoms with Crippen molar-refractivity contribution in [3.05, 3.63) is 48.1 Å². The number of esters is 1. The van der Waals surface area contributed by atoms with Crippen molar-refractivity contribution in [3.63, 3.8) is 0 Å². The van der Waals surface area contributed by atoms with Gasteiger partial charge in [-0.25, -0.2) is 4.79 Å². The van der Waals surface area contributed by atoms with E-state index in [-0.39, 0.29) is 11.2 Å². The van der Waals surface area contributed by atoms with Crippen LogP contribution in [0, 0.1) is 0 Å². The first-order chi connectivity index (χ1) is 9.65. The summed E-state index contributed by atoms with van der Waals surface area (Å²) in [5.74, 6) is 0.423. The van der Waals surface area contributed by atoms with Crippen molar-refractivity contribution in [2.24, 2.45) is 0 Å². The van der Waals surface area contributed by atoms with Gasteiger partial charge in [0.25, 0.3) is 0 Å². The van der Waals surface area contributed by atoms with E-state index in [4.69, 9.17) is 9.47 Å². The molecule has 1 atom stereocenters. The van der Waals surface area contributed by atoms with E-state index in [2.05, 4.69) is 12.6 Å². The first kappa shape index (κ1) is 16.4. The lowest BCUT2D eigenvalue weighted by Gasteiger charge is -2.07. The molecular weight excluding hydrogens is 272 g/mol. The Morgan fingerprint density at radius 2 is 2.05 bits per heavy atom. The zero-order chi connectivity index (χ0) is 14.8. The van der Waals surface area contributed by atoms with E-state index in [1.165, 1.54) is 6.08 Å². The number of rotatable bonds is 7. The summed E-state index contributed by atoms with van der Waals surface area (Å²) in [7, 11) is 1.61. The van der Waals surface area contributed by atoms with Gasteiger partial charge >= 0.3 is 5.97 Å². The summed E-state index contributed by atoms with van der Waals surface area (Å²) in [6.07, 6.45) is 7.86. The Morgan fingerprint density at radius 3 is 2.65 bits per heavy atom. The molecule has 108 valence electrons. The Bertz CT molecular complexity index is 463. The van der Waals surface area contributed by atoms with Crippen LogP contribution in [-0.4, -0.2) is 24.9 Å². The van der Waals surface area contributed by atoms with Gasteiger partial charge in [-0.15, -0.1) is 0 Å². The molecule has 0 radical (unpaired) electrons. The number of hydrogen-bond acceptors (Lipinski definition) is 4. The second-order valence-electron chi connectivity index (χ2n) is 4.20. The first-order valence-corrected chi connectivity index (χ1v) is 6.95.